The fourth-order valence-corrected chi connectivity index (χ4v) is 2.50. The van der Waals surface area contributed by atoms with Gasteiger partial charge in [0.15, 0.2) is 0 Å². The minimum atomic E-state index is 0.475. The molecule has 0 aromatic heterocycles. The first kappa shape index (κ1) is 14.0. The molecule has 1 aromatic rings. The Kier molecular flexibility index (Phi) is 5.16. The Bertz CT molecular complexity index is 393. The molecule has 0 amide bonds. The summed E-state index contributed by atoms with van der Waals surface area (Å²) in [6.07, 6.45) is 2.66. The lowest BCUT2D eigenvalue weighted by Gasteiger charge is -2.23. The fraction of sp³-hybridized carbons (Fsp3) is 0.571. The number of hydrogen-bond acceptors (Lipinski definition) is 2. The van der Waals surface area contributed by atoms with Gasteiger partial charge in [-0.05, 0) is 30.4 Å². The van der Waals surface area contributed by atoms with Gasteiger partial charge < -0.3 is 9.64 Å². The van der Waals surface area contributed by atoms with Crippen LogP contribution < -0.4 is 4.90 Å². The summed E-state index contributed by atoms with van der Waals surface area (Å²) < 4.78 is 5.65. The molecule has 100 valence electrons. The van der Waals surface area contributed by atoms with Crippen molar-refractivity contribution in [3.63, 3.8) is 0 Å². The van der Waals surface area contributed by atoms with Crippen LogP contribution in [0.25, 0.3) is 0 Å². The van der Waals surface area contributed by atoms with E-state index in [1.165, 1.54) is 12.8 Å². The van der Waals surface area contributed by atoms with E-state index in [4.69, 9.17) is 27.9 Å². The molecule has 0 N–H and O–H groups in total. The number of halogens is 2. The molecule has 2 rings (SSSR count). The molecule has 1 aromatic carbocycles. The van der Waals surface area contributed by atoms with E-state index in [1.54, 1.807) is 0 Å². The Morgan fingerprint density at radius 1 is 1.39 bits per heavy atom. The highest BCUT2D eigenvalue weighted by molar-refractivity contribution is 6.33. The number of anilines is 1. The first-order chi connectivity index (χ1) is 8.72. The third kappa shape index (κ3) is 3.78. The van der Waals surface area contributed by atoms with Crippen LogP contribution in [0.5, 0.6) is 0 Å². The number of nitrogens with zero attached hydrogens (tertiary/aromatic N) is 1. The molecule has 18 heavy (non-hydrogen) atoms. The molecule has 1 aliphatic carbocycles. The van der Waals surface area contributed by atoms with Crippen molar-refractivity contribution in [1.29, 1.82) is 0 Å². The highest BCUT2D eigenvalue weighted by atomic mass is 35.5. The molecule has 0 saturated heterocycles. The zero-order valence-corrected chi connectivity index (χ0v) is 12.2. The highest BCUT2D eigenvalue weighted by Gasteiger charge is 2.21. The monoisotopic (exact) mass is 287 g/mol. The van der Waals surface area contributed by atoms with E-state index in [1.807, 2.05) is 25.2 Å². The van der Waals surface area contributed by atoms with Gasteiger partial charge in [-0.2, -0.15) is 0 Å². The topological polar surface area (TPSA) is 12.5 Å². The van der Waals surface area contributed by atoms with Gasteiger partial charge in [0.05, 0.1) is 17.3 Å². The standard InChI is InChI=1S/C14H19Cl2NO/c1-17(7-8-18-10-11-5-6-11)14-12(9-15)3-2-4-13(14)16/h2-4,11H,5-10H2,1H3. The van der Waals surface area contributed by atoms with Gasteiger partial charge >= 0.3 is 0 Å². The smallest absolute Gasteiger partial charge is 0.0642 e. The summed E-state index contributed by atoms with van der Waals surface area (Å²) >= 11 is 12.2. The van der Waals surface area contributed by atoms with Crippen LogP contribution in [0, 0.1) is 5.92 Å². The summed E-state index contributed by atoms with van der Waals surface area (Å²) in [6, 6.07) is 5.84. The van der Waals surface area contributed by atoms with E-state index in [9.17, 15) is 0 Å². The molecule has 0 radical (unpaired) electrons. The number of ether oxygens (including phenoxy) is 1. The van der Waals surface area contributed by atoms with Gasteiger partial charge in [0.25, 0.3) is 0 Å². The summed E-state index contributed by atoms with van der Waals surface area (Å²) in [4.78, 5) is 2.12. The molecule has 2 nitrogen and oxygen atoms in total. The minimum Gasteiger partial charge on any atom is -0.379 e. The van der Waals surface area contributed by atoms with Crippen LogP contribution >= 0.6 is 23.2 Å². The lowest BCUT2D eigenvalue weighted by atomic mass is 10.2. The lowest BCUT2D eigenvalue weighted by molar-refractivity contribution is 0.131. The molecule has 4 heteroatoms. The van der Waals surface area contributed by atoms with Crippen LogP contribution in [-0.2, 0) is 10.6 Å². The molecule has 1 fully saturated rings. The zero-order valence-electron chi connectivity index (χ0n) is 10.7. The van der Waals surface area contributed by atoms with Crippen LogP contribution in [0.15, 0.2) is 18.2 Å². The maximum Gasteiger partial charge on any atom is 0.0642 e. The highest BCUT2D eigenvalue weighted by Crippen LogP contribution is 2.30. The average molecular weight is 288 g/mol. The summed E-state index contributed by atoms with van der Waals surface area (Å²) in [5.41, 5.74) is 2.08. The number of rotatable bonds is 7. The molecule has 0 atom stereocenters. The second-order valence-electron chi connectivity index (χ2n) is 4.82. The van der Waals surface area contributed by atoms with Gasteiger partial charge in [-0.15, -0.1) is 11.6 Å². The summed E-state index contributed by atoms with van der Waals surface area (Å²) in [5.74, 6) is 1.29. The van der Waals surface area contributed by atoms with Crippen LogP contribution in [0.2, 0.25) is 5.02 Å². The van der Waals surface area contributed by atoms with Crippen LogP contribution in [-0.4, -0.2) is 26.8 Å². The molecular formula is C14H19Cl2NO. The number of hydrogen-bond donors (Lipinski definition) is 0. The predicted octanol–water partition coefficient (Wildman–Crippen LogP) is 3.94. The largest absolute Gasteiger partial charge is 0.379 e. The van der Waals surface area contributed by atoms with Crippen molar-refractivity contribution in [2.75, 3.05) is 31.7 Å². The second kappa shape index (κ2) is 6.65. The van der Waals surface area contributed by atoms with Crippen LogP contribution in [0.1, 0.15) is 18.4 Å². The third-order valence-electron chi connectivity index (χ3n) is 3.22. The lowest BCUT2D eigenvalue weighted by Crippen LogP contribution is -2.24. The Morgan fingerprint density at radius 2 is 2.17 bits per heavy atom. The average Bonchev–Trinajstić information content (AvgIpc) is 3.18. The Balaban J connectivity index is 1.88. The van der Waals surface area contributed by atoms with Gasteiger partial charge in [-0.1, -0.05) is 23.7 Å². The van der Waals surface area contributed by atoms with Crippen molar-refractivity contribution >= 4 is 28.9 Å². The van der Waals surface area contributed by atoms with E-state index in [2.05, 4.69) is 4.90 Å². The van der Waals surface area contributed by atoms with Gasteiger partial charge in [0.2, 0.25) is 0 Å². The van der Waals surface area contributed by atoms with Crippen molar-refractivity contribution in [3.05, 3.63) is 28.8 Å². The van der Waals surface area contributed by atoms with Crippen molar-refractivity contribution in [2.24, 2.45) is 5.92 Å². The summed E-state index contributed by atoms with van der Waals surface area (Å²) in [5, 5.41) is 0.748. The van der Waals surface area contributed by atoms with Crippen molar-refractivity contribution in [2.45, 2.75) is 18.7 Å². The van der Waals surface area contributed by atoms with Gasteiger partial charge in [-0.3, -0.25) is 0 Å². The number of benzene rings is 1. The summed E-state index contributed by atoms with van der Waals surface area (Å²) in [7, 11) is 2.03. The molecule has 1 saturated carbocycles. The molecule has 0 spiro atoms. The van der Waals surface area contributed by atoms with Crippen LogP contribution in [0.4, 0.5) is 5.69 Å². The molecule has 1 aliphatic rings. The van der Waals surface area contributed by atoms with Gasteiger partial charge in [0.1, 0.15) is 0 Å². The molecule has 0 unspecified atom stereocenters. The molecular weight excluding hydrogens is 269 g/mol. The van der Waals surface area contributed by atoms with Gasteiger partial charge in [0, 0.05) is 26.1 Å². The van der Waals surface area contributed by atoms with E-state index in [0.29, 0.717) is 5.88 Å². The molecule has 0 aliphatic heterocycles. The Hall–Kier alpha value is -0.440. The number of para-hydroxylation sites is 1. The maximum atomic E-state index is 6.24. The molecule has 0 bridgehead atoms. The Labute approximate surface area is 119 Å². The first-order valence-corrected chi connectivity index (χ1v) is 7.26. The SMILES string of the molecule is CN(CCOCC1CC1)c1c(Cl)cccc1CCl. The van der Waals surface area contributed by atoms with E-state index >= 15 is 0 Å². The first-order valence-electron chi connectivity index (χ1n) is 6.34. The Morgan fingerprint density at radius 3 is 2.83 bits per heavy atom. The quantitative estimate of drug-likeness (QED) is 0.556. The van der Waals surface area contributed by atoms with Crippen LogP contribution in [0.3, 0.4) is 0 Å². The van der Waals surface area contributed by atoms with E-state index in [-0.39, 0.29) is 0 Å². The van der Waals surface area contributed by atoms with Crippen molar-refractivity contribution < 1.29 is 4.74 Å². The zero-order chi connectivity index (χ0) is 13.0. The third-order valence-corrected chi connectivity index (χ3v) is 3.81. The normalized spacial score (nSPS) is 14.8. The van der Waals surface area contributed by atoms with Gasteiger partial charge in [-0.25, -0.2) is 0 Å². The minimum absolute atomic E-state index is 0.475. The maximum absolute atomic E-state index is 6.24. The fourth-order valence-electron chi connectivity index (χ4n) is 1.94. The predicted molar refractivity (Wildman–Crippen MR) is 77.8 cm³/mol. The van der Waals surface area contributed by atoms with E-state index < -0.39 is 0 Å². The summed E-state index contributed by atoms with van der Waals surface area (Å²) in [6.45, 7) is 2.47. The van der Waals surface area contributed by atoms with E-state index in [0.717, 1.165) is 41.9 Å². The van der Waals surface area contributed by atoms with Crippen molar-refractivity contribution in [3.8, 4) is 0 Å². The number of alkyl halides is 1. The number of likely N-dealkylation sites (N-methyl/N-ethyl adjacent to an activating group) is 1. The second-order valence-corrected chi connectivity index (χ2v) is 5.50. The molecule has 0 heterocycles. The van der Waals surface area contributed by atoms with Crippen molar-refractivity contribution in [1.82, 2.24) is 0 Å².